The zero-order chi connectivity index (χ0) is 20.4. The Labute approximate surface area is 167 Å². The Morgan fingerprint density at radius 1 is 1.14 bits per heavy atom. The van der Waals surface area contributed by atoms with Crippen LogP contribution < -0.4 is 10.1 Å². The largest absolute Gasteiger partial charge is 0.508 e. The molecule has 0 aliphatic rings. The van der Waals surface area contributed by atoms with Gasteiger partial charge in [-0.05, 0) is 42.8 Å². The van der Waals surface area contributed by atoms with Crippen LogP contribution in [0.15, 0.2) is 71.3 Å². The number of benzene rings is 2. The minimum absolute atomic E-state index is 0.0724. The molecular formula is C23H20N2O4. The molecule has 2 heterocycles. The Morgan fingerprint density at radius 3 is 2.72 bits per heavy atom. The quantitative estimate of drug-likeness (QED) is 0.491. The number of aromatic hydroxyl groups is 1. The van der Waals surface area contributed by atoms with Crippen LogP contribution in [0.4, 0.5) is 0 Å². The summed E-state index contributed by atoms with van der Waals surface area (Å²) in [6, 6.07) is 17.9. The molecule has 2 N–H and O–H groups in total. The molecule has 146 valence electrons. The molecule has 0 spiro atoms. The van der Waals surface area contributed by atoms with Crippen LogP contribution in [0.2, 0.25) is 0 Å². The van der Waals surface area contributed by atoms with Crippen molar-refractivity contribution in [3.63, 3.8) is 0 Å². The fourth-order valence-corrected chi connectivity index (χ4v) is 3.10. The van der Waals surface area contributed by atoms with Crippen molar-refractivity contribution in [3.8, 4) is 28.7 Å². The van der Waals surface area contributed by atoms with E-state index in [1.54, 1.807) is 30.5 Å². The molecule has 4 aromatic rings. The maximum Gasteiger partial charge on any atom is 0.219 e. The number of nitrogens with one attached hydrogen (secondary N) is 1. The number of fused-ring (bicyclic) bond motifs is 1. The van der Waals surface area contributed by atoms with Gasteiger partial charge in [-0.2, -0.15) is 0 Å². The second-order valence-corrected chi connectivity index (χ2v) is 6.81. The Bertz CT molecular complexity index is 1170. The van der Waals surface area contributed by atoms with E-state index >= 15 is 0 Å². The summed E-state index contributed by atoms with van der Waals surface area (Å²) in [6.07, 6.45) is 1.68. The SMILES string of the molecule is CC(=O)NC(C)c1ccc2cc(-c3ccc(Oc4cccc(O)c4)nc3)oc2c1. The summed E-state index contributed by atoms with van der Waals surface area (Å²) in [7, 11) is 0. The van der Waals surface area contributed by atoms with Crippen LogP contribution >= 0.6 is 0 Å². The summed E-state index contributed by atoms with van der Waals surface area (Å²) in [5, 5.41) is 13.4. The van der Waals surface area contributed by atoms with Crippen LogP contribution in [0.3, 0.4) is 0 Å². The Balaban J connectivity index is 1.55. The van der Waals surface area contributed by atoms with Gasteiger partial charge in [0.2, 0.25) is 11.8 Å². The van der Waals surface area contributed by atoms with Gasteiger partial charge in [-0.1, -0.05) is 18.2 Å². The summed E-state index contributed by atoms with van der Waals surface area (Å²) in [5.41, 5.74) is 2.54. The van der Waals surface area contributed by atoms with Crippen LogP contribution in [0.1, 0.15) is 25.5 Å². The third-order valence-corrected chi connectivity index (χ3v) is 4.52. The molecule has 1 amide bonds. The smallest absolute Gasteiger partial charge is 0.219 e. The van der Waals surface area contributed by atoms with E-state index < -0.39 is 0 Å². The molecule has 4 rings (SSSR count). The number of ether oxygens (including phenoxy) is 1. The van der Waals surface area contributed by atoms with Crippen LogP contribution in [0.5, 0.6) is 17.4 Å². The lowest BCUT2D eigenvalue weighted by atomic mass is 10.1. The number of pyridine rings is 1. The number of amides is 1. The second kappa shape index (κ2) is 7.67. The van der Waals surface area contributed by atoms with E-state index in [0.717, 1.165) is 22.1 Å². The topological polar surface area (TPSA) is 84.6 Å². The number of hydrogen-bond acceptors (Lipinski definition) is 5. The standard InChI is InChI=1S/C23H20N2O4/c1-14(25-15(2)26)16-6-7-17-11-22(29-21(17)10-16)18-8-9-23(24-13-18)28-20-5-3-4-19(27)12-20/h3-14,27H,1-2H3,(H,25,26). The Hall–Kier alpha value is -3.80. The molecule has 0 fully saturated rings. The Morgan fingerprint density at radius 2 is 2.00 bits per heavy atom. The highest BCUT2D eigenvalue weighted by atomic mass is 16.5. The van der Waals surface area contributed by atoms with Crippen molar-refractivity contribution in [1.29, 1.82) is 0 Å². The number of rotatable bonds is 5. The number of phenolic OH excluding ortho intramolecular Hbond substituents is 1. The monoisotopic (exact) mass is 388 g/mol. The molecule has 0 aliphatic carbocycles. The zero-order valence-electron chi connectivity index (χ0n) is 16.0. The van der Waals surface area contributed by atoms with Gasteiger partial charge in [-0.15, -0.1) is 0 Å². The maximum atomic E-state index is 11.3. The molecule has 1 atom stereocenters. The molecule has 0 saturated carbocycles. The molecule has 0 aliphatic heterocycles. The van der Waals surface area contributed by atoms with E-state index in [9.17, 15) is 9.90 Å². The van der Waals surface area contributed by atoms with Gasteiger partial charge in [0, 0.05) is 36.2 Å². The number of aromatic nitrogens is 1. The van der Waals surface area contributed by atoms with Gasteiger partial charge in [-0.25, -0.2) is 4.98 Å². The first-order valence-electron chi connectivity index (χ1n) is 9.22. The number of hydrogen-bond donors (Lipinski definition) is 2. The molecule has 2 aromatic heterocycles. The van der Waals surface area contributed by atoms with E-state index in [1.807, 2.05) is 37.3 Å². The number of nitrogens with zero attached hydrogens (tertiary/aromatic N) is 1. The molecule has 0 bridgehead atoms. The van der Waals surface area contributed by atoms with E-state index in [-0.39, 0.29) is 17.7 Å². The third-order valence-electron chi connectivity index (χ3n) is 4.52. The van der Waals surface area contributed by atoms with Gasteiger partial charge in [0.25, 0.3) is 0 Å². The molecule has 0 saturated heterocycles. The predicted molar refractivity (Wildman–Crippen MR) is 110 cm³/mol. The highest BCUT2D eigenvalue weighted by molar-refractivity contribution is 5.83. The number of carbonyl (C=O) groups is 1. The van der Waals surface area contributed by atoms with Gasteiger partial charge in [0.1, 0.15) is 22.8 Å². The fraction of sp³-hybridized carbons (Fsp3) is 0.130. The van der Waals surface area contributed by atoms with Gasteiger partial charge >= 0.3 is 0 Å². The van der Waals surface area contributed by atoms with E-state index in [2.05, 4.69) is 10.3 Å². The molecule has 2 aromatic carbocycles. The van der Waals surface area contributed by atoms with Crippen molar-refractivity contribution in [3.05, 3.63) is 72.4 Å². The molecule has 0 radical (unpaired) electrons. The normalized spacial score (nSPS) is 11.9. The predicted octanol–water partition coefficient (Wildman–Crippen LogP) is 5.19. The average molecular weight is 388 g/mol. The van der Waals surface area contributed by atoms with Gasteiger partial charge in [0.05, 0.1) is 6.04 Å². The third kappa shape index (κ3) is 4.21. The van der Waals surface area contributed by atoms with Gasteiger partial charge in [0.15, 0.2) is 0 Å². The maximum absolute atomic E-state index is 11.3. The van der Waals surface area contributed by atoms with E-state index in [0.29, 0.717) is 17.4 Å². The zero-order valence-corrected chi connectivity index (χ0v) is 16.0. The number of phenols is 1. The fourth-order valence-electron chi connectivity index (χ4n) is 3.10. The van der Waals surface area contributed by atoms with Crippen molar-refractivity contribution in [2.24, 2.45) is 0 Å². The van der Waals surface area contributed by atoms with Crippen molar-refractivity contribution in [1.82, 2.24) is 10.3 Å². The van der Waals surface area contributed by atoms with Crippen LogP contribution in [0, 0.1) is 0 Å². The molecule has 29 heavy (non-hydrogen) atoms. The number of furan rings is 1. The van der Waals surface area contributed by atoms with Crippen LogP contribution in [0.25, 0.3) is 22.3 Å². The average Bonchev–Trinajstić information content (AvgIpc) is 3.11. The molecule has 6 heteroatoms. The first kappa shape index (κ1) is 18.6. The second-order valence-electron chi connectivity index (χ2n) is 6.81. The van der Waals surface area contributed by atoms with Crippen molar-refractivity contribution in [2.75, 3.05) is 0 Å². The van der Waals surface area contributed by atoms with Crippen molar-refractivity contribution < 1.29 is 19.1 Å². The highest BCUT2D eigenvalue weighted by Gasteiger charge is 2.11. The lowest BCUT2D eigenvalue weighted by Crippen LogP contribution is -2.23. The van der Waals surface area contributed by atoms with E-state index in [1.165, 1.54) is 13.0 Å². The summed E-state index contributed by atoms with van der Waals surface area (Å²) < 4.78 is 11.6. The van der Waals surface area contributed by atoms with Gasteiger partial charge in [-0.3, -0.25) is 4.79 Å². The summed E-state index contributed by atoms with van der Waals surface area (Å²) >= 11 is 0. The minimum atomic E-state index is -0.0963. The minimum Gasteiger partial charge on any atom is -0.508 e. The molecular weight excluding hydrogens is 368 g/mol. The van der Waals surface area contributed by atoms with Gasteiger partial charge < -0.3 is 19.6 Å². The first-order valence-corrected chi connectivity index (χ1v) is 9.22. The van der Waals surface area contributed by atoms with E-state index in [4.69, 9.17) is 9.15 Å². The number of carbonyl (C=O) groups excluding carboxylic acids is 1. The first-order chi connectivity index (χ1) is 14.0. The summed E-state index contributed by atoms with van der Waals surface area (Å²) in [6.45, 7) is 3.43. The Kier molecular flexibility index (Phi) is 4.91. The summed E-state index contributed by atoms with van der Waals surface area (Å²) in [5.74, 6) is 1.68. The lowest BCUT2D eigenvalue weighted by Gasteiger charge is -2.12. The molecule has 6 nitrogen and oxygen atoms in total. The highest BCUT2D eigenvalue weighted by Crippen LogP contribution is 2.31. The van der Waals surface area contributed by atoms with Crippen molar-refractivity contribution in [2.45, 2.75) is 19.9 Å². The van der Waals surface area contributed by atoms with Crippen LogP contribution in [-0.4, -0.2) is 16.0 Å². The lowest BCUT2D eigenvalue weighted by molar-refractivity contribution is -0.119. The molecule has 1 unspecified atom stereocenters. The van der Waals surface area contributed by atoms with Crippen LogP contribution in [-0.2, 0) is 4.79 Å². The summed E-state index contributed by atoms with van der Waals surface area (Å²) in [4.78, 5) is 15.6. The van der Waals surface area contributed by atoms with Crippen molar-refractivity contribution >= 4 is 16.9 Å².